The Morgan fingerprint density at radius 3 is 2.67 bits per heavy atom. The lowest BCUT2D eigenvalue weighted by Crippen LogP contribution is -2.45. The molecule has 1 heterocycles. The van der Waals surface area contributed by atoms with E-state index in [0.29, 0.717) is 13.2 Å². The van der Waals surface area contributed by atoms with Gasteiger partial charge in [0.2, 0.25) is 0 Å². The topological polar surface area (TPSA) is 42.2 Å². The molecule has 1 fully saturated rings. The molecule has 1 saturated heterocycles. The molecule has 0 bridgehead atoms. The van der Waals surface area contributed by atoms with E-state index in [1.807, 2.05) is 25.1 Å². The van der Waals surface area contributed by atoms with Crippen LogP contribution in [-0.2, 0) is 10.2 Å². The normalized spacial score (nSPS) is 17.7. The van der Waals surface area contributed by atoms with Crippen LogP contribution < -0.4 is 4.74 Å². The van der Waals surface area contributed by atoms with Crippen LogP contribution >= 0.6 is 0 Å². The third kappa shape index (κ3) is 1.47. The van der Waals surface area contributed by atoms with Gasteiger partial charge in [-0.15, -0.1) is 0 Å². The first-order chi connectivity index (χ1) is 7.22. The second kappa shape index (κ2) is 3.56. The highest BCUT2D eigenvalue weighted by molar-refractivity contribution is 5.47. The van der Waals surface area contributed by atoms with Gasteiger partial charge in [-0.2, -0.15) is 5.26 Å². The minimum Gasteiger partial charge on any atom is -0.496 e. The third-order valence-corrected chi connectivity index (χ3v) is 2.78. The molecule has 0 aliphatic carbocycles. The van der Waals surface area contributed by atoms with Crippen molar-refractivity contribution in [2.75, 3.05) is 20.3 Å². The molecule has 0 saturated carbocycles. The van der Waals surface area contributed by atoms with Crippen LogP contribution in [-0.4, -0.2) is 20.3 Å². The molecule has 0 spiro atoms. The van der Waals surface area contributed by atoms with E-state index in [4.69, 9.17) is 9.47 Å². The number of hydrogen-bond donors (Lipinski definition) is 0. The molecular weight excluding hydrogens is 190 g/mol. The number of benzene rings is 1. The van der Waals surface area contributed by atoms with E-state index in [-0.39, 0.29) is 0 Å². The van der Waals surface area contributed by atoms with Crippen LogP contribution in [0.2, 0.25) is 0 Å². The minimum absolute atomic E-state index is 0.462. The Morgan fingerprint density at radius 2 is 2.20 bits per heavy atom. The summed E-state index contributed by atoms with van der Waals surface area (Å²) in [6, 6.07) is 8.22. The summed E-state index contributed by atoms with van der Waals surface area (Å²) >= 11 is 0. The number of hydrogen-bond acceptors (Lipinski definition) is 3. The average Bonchev–Trinajstić information content (AvgIpc) is 2.17. The molecule has 2 rings (SSSR count). The van der Waals surface area contributed by atoms with Crippen LogP contribution in [0, 0.1) is 18.3 Å². The maximum absolute atomic E-state index is 9.22. The van der Waals surface area contributed by atoms with Gasteiger partial charge in [-0.3, -0.25) is 0 Å². The largest absolute Gasteiger partial charge is 0.496 e. The van der Waals surface area contributed by atoms with E-state index in [2.05, 4.69) is 6.07 Å². The molecule has 15 heavy (non-hydrogen) atoms. The van der Waals surface area contributed by atoms with Gasteiger partial charge in [0.1, 0.15) is 11.2 Å². The number of aryl methyl sites for hydroxylation is 1. The summed E-state index contributed by atoms with van der Waals surface area (Å²) in [5.74, 6) is 0.769. The lowest BCUT2D eigenvalue weighted by Gasteiger charge is -2.36. The number of nitriles is 1. The Bertz CT molecular complexity index is 416. The highest BCUT2D eigenvalue weighted by atomic mass is 16.5. The molecule has 3 nitrogen and oxygen atoms in total. The Morgan fingerprint density at radius 1 is 1.47 bits per heavy atom. The van der Waals surface area contributed by atoms with Crippen LogP contribution in [0.5, 0.6) is 5.75 Å². The van der Waals surface area contributed by atoms with Crippen molar-refractivity contribution in [1.29, 1.82) is 5.26 Å². The van der Waals surface area contributed by atoms with Crippen LogP contribution in [0.1, 0.15) is 11.1 Å². The van der Waals surface area contributed by atoms with Crippen molar-refractivity contribution in [2.45, 2.75) is 12.3 Å². The molecule has 0 aromatic heterocycles. The molecule has 3 heteroatoms. The Labute approximate surface area is 89.2 Å². The predicted molar refractivity (Wildman–Crippen MR) is 55.8 cm³/mol. The third-order valence-electron chi connectivity index (χ3n) is 2.78. The van der Waals surface area contributed by atoms with Gasteiger partial charge in [0.25, 0.3) is 0 Å². The molecule has 78 valence electrons. The van der Waals surface area contributed by atoms with Gasteiger partial charge < -0.3 is 9.47 Å². The van der Waals surface area contributed by atoms with E-state index in [1.165, 1.54) is 0 Å². The van der Waals surface area contributed by atoms with Gasteiger partial charge >= 0.3 is 0 Å². The second-order valence-electron chi connectivity index (χ2n) is 3.89. The molecule has 0 amide bonds. The molecule has 0 unspecified atom stereocenters. The first-order valence-electron chi connectivity index (χ1n) is 4.86. The van der Waals surface area contributed by atoms with Crippen molar-refractivity contribution >= 4 is 0 Å². The van der Waals surface area contributed by atoms with E-state index < -0.39 is 5.41 Å². The fraction of sp³-hybridized carbons (Fsp3) is 0.417. The monoisotopic (exact) mass is 203 g/mol. The molecular formula is C12H13NO2. The molecule has 1 aliphatic rings. The van der Waals surface area contributed by atoms with Crippen LogP contribution in [0.25, 0.3) is 0 Å². The Kier molecular flexibility index (Phi) is 2.37. The molecule has 1 aliphatic heterocycles. The number of rotatable bonds is 2. The highest BCUT2D eigenvalue weighted by Gasteiger charge is 2.42. The van der Waals surface area contributed by atoms with Gasteiger partial charge in [-0.25, -0.2) is 0 Å². The van der Waals surface area contributed by atoms with Gasteiger partial charge in [0.05, 0.1) is 26.4 Å². The van der Waals surface area contributed by atoms with Gasteiger partial charge in [0, 0.05) is 5.56 Å². The quantitative estimate of drug-likeness (QED) is 0.736. The number of nitrogens with zero attached hydrogens (tertiary/aromatic N) is 1. The van der Waals surface area contributed by atoms with Crippen molar-refractivity contribution < 1.29 is 9.47 Å². The van der Waals surface area contributed by atoms with E-state index in [0.717, 1.165) is 16.9 Å². The van der Waals surface area contributed by atoms with Crippen LogP contribution in [0.15, 0.2) is 18.2 Å². The highest BCUT2D eigenvalue weighted by Crippen LogP contribution is 2.37. The van der Waals surface area contributed by atoms with Crippen molar-refractivity contribution in [3.8, 4) is 11.8 Å². The number of methoxy groups -OCH3 is 1. The van der Waals surface area contributed by atoms with Crippen molar-refractivity contribution in [3.63, 3.8) is 0 Å². The Balaban J connectivity index is 2.50. The SMILES string of the molecule is COc1ccc(C)cc1C1(C#N)COC1. The minimum atomic E-state index is -0.503. The van der Waals surface area contributed by atoms with Crippen LogP contribution in [0.4, 0.5) is 0 Å². The standard InChI is InChI=1S/C12H13NO2/c1-9-3-4-11(14-2)10(5-9)12(6-13)7-15-8-12/h3-5H,7-8H2,1-2H3. The predicted octanol–water partition coefficient (Wildman–Crippen LogP) is 1.80. The number of ether oxygens (including phenoxy) is 2. The Hall–Kier alpha value is -1.53. The van der Waals surface area contributed by atoms with Gasteiger partial charge in [0.15, 0.2) is 0 Å². The van der Waals surface area contributed by atoms with Crippen LogP contribution in [0.3, 0.4) is 0 Å². The summed E-state index contributed by atoms with van der Waals surface area (Å²) in [5.41, 5.74) is 1.57. The molecule has 1 aromatic rings. The first-order valence-corrected chi connectivity index (χ1v) is 4.86. The molecule has 0 N–H and O–H groups in total. The summed E-state index contributed by atoms with van der Waals surface area (Å²) in [7, 11) is 1.62. The first kappa shape index (κ1) is 10.0. The fourth-order valence-electron chi connectivity index (χ4n) is 1.78. The molecule has 0 radical (unpaired) electrons. The lowest BCUT2D eigenvalue weighted by molar-refractivity contribution is -0.0307. The lowest BCUT2D eigenvalue weighted by atomic mass is 9.79. The average molecular weight is 203 g/mol. The summed E-state index contributed by atoms with van der Waals surface area (Å²) in [6.07, 6.45) is 0. The second-order valence-corrected chi connectivity index (χ2v) is 3.89. The van der Waals surface area contributed by atoms with Gasteiger partial charge in [-0.1, -0.05) is 17.7 Å². The van der Waals surface area contributed by atoms with E-state index >= 15 is 0 Å². The zero-order valence-corrected chi connectivity index (χ0v) is 8.91. The fourth-order valence-corrected chi connectivity index (χ4v) is 1.78. The summed E-state index contributed by atoms with van der Waals surface area (Å²) in [5, 5.41) is 9.22. The summed E-state index contributed by atoms with van der Waals surface area (Å²) < 4.78 is 10.4. The maximum atomic E-state index is 9.22. The van der Waals surface area contributed by atoms with E-state index in [9.17, 15) is 5.26 Å². The summed E-state index contributed by atoms with van der Waals surface area (Å²) in [4.78, 5) is 0. The van der Waals surface area contributed by atoms with Gasteiger partial charge in [-0.05, 0) is 13.0 Å². The smallest absolute Gasteiger partial charge is 0.132 e. The zero-order chi connectivity index (χ0) is 10.9. The molecule has 1 aromatic carbocycles. The van der Waals surface area contributed by atoms with Crippen molar-refractivity contribution in [2.24, 2.45) is 0 Å². The maximum Gasteiger partial charge on any atom is 0.132 e. The van der Waals surface area contributed by atoms with Crippen molar-refractivity contribution in [1.82, 2.24) is 0 Å². The molecule has 0 atom stereocenters. The van der Waals surface area contributed by atoms with Crippen molar-refractivity contribution in [3.05, 3.63) is 29.3 Å². The summed E-state index contributed by atoms with van der Waals surface area (Å²) in [6.45, 7) is 2.93. The van der Waals surface area contributed by atoms with E-state index in [1.54, 1.807) is 7.11 Å². The zero-order valence-electron chi connectivity index (χ0n) is 8.91.